The summed E-state index contributed by atoms with van der Waals surface area (Å²) in [5, 5.41) is 0.719. The van der Waals surface area contributed by atoms with Gasteiger partial charge in [0.05, 0.1) is 12.8 Å². The lowest BCUT2D eigenvalue weighted by atomic mass is 10.1. The van der Waals surface area contributed by atoms with Crippen LogP contribution in [0.1, 0.15) is 34.7 Å². The predicted octanol–water partition coefficient (Wildman–Crippen LogP) is 3.05. The minimum absolute atomic E-state index is 0.0103. The van der Waals surface area contributed by atoms with Crippen LogP contribution in [0.2, 0.25) is 5.02 Å². The first-order chi connectivity index (χ1) is 11.2. The van der Waals surface area contributed by atoms with Gasteiger partial charge in [-0.3, -0.25) is 4.79 Å². The predicted molar refractivity (Wildman–Crippen MR) is 87.9 cm³/mol. The molecular formula is C17H18ClN3O2. The molecule has 23 heavy (non-hydrogen) atoms. The molecule has 2 aliphatic heterocycles. The van der Waals surface area contributed by atoms with E-state index in [0.29, 0.717) is 25.5 Å². The van der Waals surface area contributed by atoms with E-state index in [2.05, 4.69) is 4.98 Å². The maximum absolute atomic E-state index is 13.1. The quantitative estimate of drug-likeness (QED) is 0.807. The highest BCUT2D eigenvalue weighted by atomic mass is 35.5. The zero-order valence-corrected chi connectivity index (χ0v) is 13.6. The van der Waals surface area contributed by atoms with Crippen molar-refractivity contribution < 1.29 is 9.53 Å². The highest BCUT2D eigenvalue weighted by Crippen LogP contribution is 2.30. The van der Waals surface area contributed by atoms with E-state index in [1.807, 2.05) is 27.7 Å². The molecule has 1 aromatic heterocycles. The van der Waals surface area contributed by atoms with Gasteiger partial charge in [0.15, 0.2) is 0 Å². The molecule has 0 unspecified atom stereocenters. The zero-order valence-electron chi connectivity index (χ0n) is 12.8. The summed E-state index contributed by atoms with van der Waals surface area (Å²) in [7, 11) is 0. The van der Waals surface area contributed by atoms with Crippen LogP contribution in [0.25, 0.3) is 0 Å². The average Bonchev–Trinajstić information content (AvgIpc) is 2.88. The molecule has 0 atom stereocenters. The van der Waals surface area contributed by atoms with Crippen molar-refractivity contribution in [1.29, 1.82) is 0 Å². The third-order valence-electron chi connectivity index (χ3n) is 4.50. The molecule has 1 amide bonds. The van der Waals surface area contributed by atoms with Crippen LogP contribution in [0, 0.1) is 0 Å². The van der Waals surface area contributed by atoms with Crippen LogP contribution in [0.4, 0.5) is 5.69 Å². The number of carbonyl (C=O) groups is 1. The van der Waals surface area contributed by atoms with E-state index in [-0.39, 0.29) is 5.91 Å². The Labute approximate surface area is 139 Å². The molecule has 2 aliphatic rings. The number of ether oxygens (including phenoxy) is 1. The lowest BCUT2D eigenvalue weighted by Crippen LogP contribution is -2.34. The third-order valence-corrected chi connectivity index (χ3v) is 4.74. The highest BCUT2D eigenvalue weighted by molar-refractivity contribution is 6.30. The van der Waals surface area contributed by atoms with E-state index in [0.717, 1.165) is 47.9 Å². The van der Waals surface area contributed by atoms with Crippen LogP contribution in [0.3, 0.4) is 0 Å². The van der Waals surface area contributed by atoms with E-state index in [4.69, 9.17) is 16.3 Å². The summed E-state index contributed by atoms with van der Waals surface area (Å²) < 4.78 is 7.38. The molecule has 6 heteroatoms. The van der Waals surface area contributed by atoms with Gasteiger partial charge < -0.3 is 14.2 Å². The van der Waals surface area contributed by atoms with E-state index in [9.17, 15) is 4.79 Å². The maximum atomic E-state index is 13.1. The molecule has 0 spiro atoms. The number of hydrogen-bond acceptors (Lipinski definition) is 3. The summed E-state index contributed by atoms with van der Waals surface area (Å²) in [6, 6.07) is 5.78. The molecule has 0 saturated carbocycles. The summed E-state index contributed by atoms with van der Waals surface area (Å²) in [6.07, 6.45) is 4.68. The monoisotopic (exact) mass is 331 g/mol. The van der Waals surface area contributed by atoms with Crippen molar-refractivity contribution in [1.82, 2.24) is 9.55 Å². The van der Waals surface area contributed by atoms with Gasteiger partial charge in [-0.2, -0.15) is 0 Å². The fourth-order valence-electron chi connectivity index (χ4n) is 3.34. The van der Waals surface area contributed by atoms with Crippen LogP contribution in [0.15, 0.2) is 24.4 Å². The molecule has 0 fully saturated rings. The first kappa shape index (κ1) is 14.7. The van der Waals surface area contributed by atoms with Crippen molar-refractivity contribution in [3.05, 3.63) is 46.5 Å². The second-order valence-corrected chi connectivity index (χ2v) is 6.39. The van der Waals surface area contributed by atoms with Gasteiger partial charge in [0.25, 0.3) is 5.91 Å². The summed E-state index contributed by atoms with van der Waals surface area (Å²) in [5.74, 6) is 0.835. The van der Waals surface area contributed by atoms with Gasteiger partial charge in [-0.1, -0.05) is 11.6 Å². The molecular weight excluding hydrogens is 314 g/mol. The number of rotatable bonds is 1. The standard InChI is InChI=1S/C17H18ClN3O2/c18-13-4-5-14-12(9-13)3-1-2-6-21(14)17(22)15-10-19-16-11-23-8-7-20(15)16/h4-5,9-10H,1-3,6-8,11H2. The number of benzene rings is 1. The SMILES string of the molecule is O=C(c1cnc2n1CCOC2)N1CCCCc2cc(Cl)ccc21. The van der Waals surface area contributed by atoms with Gasteiger partial charge in [0, 0.05) is 23.8 Å². The Kier molecular flexibility index (Phi) is 3.83. The lowest BCUT2D eigenvalue weighted by Gasteiger charge is -2.24. The lowest BCUT2D eigenvalue weighted by molar-refractivity contribution is 0.0785. The van der Waals surface area contributed by atoms with Crippen molar-refractivity contribution >= 4 is 23.2 Å². The van der Waals surface area contributed by atoms with Gasteiger partial charge in [-0.15, -0.1) is 0 Å². The Morgan fingerprint density at radius 1 is 1.26 bits per heavy atom. The van der Waals surface area contributed by atoms with Crippen LogP contribution in [-0.2, 0) is 24.3 Å². The molecule has 0 saturated heterocycles. The van der Waals surface area contributed by atoms with Gasteiger partial charge in [-0.05, 0) is 43.0 Å². The molecule has 5 nitrogen and oxygen atoms in total. The number of fused-ring (bicyclic) bond motifs is 2. The average molecular weight is 332 g/mol. The van der Waals surface area contributed by atoms with E-state index < -0.39 is 0 Å². The molecule has 2 aromatic rings. The second kappa shape index (κ2) is 5.98. The van der Waals surface area contributed by atoms with Gasteiger partial charge in [-0.25, -0.2) is 4.98 Å². The second-order valence-electron chi connectivity index (χ2n) is 5.95. The van der Waals surface area contributed by atoms with E-state index >= 15 is 0 Å². The van der Waals surface area contributed by atoms with Crippen molar-refractivity contribution in [2.75, 3.05) is 18.1 Å². The zero-order chi connectivity index (χ0) is 15.8. The fraction of sp³-hybridized carbons (Fsp3) is 0.412. The molecule has 3 heterocycles. The molecule has 120 valence electrons. The fourth-order valence-corrected chi connectivity index (χ4v) is 3.54. The number of nitrogens with zero attached hydrogens (tertiary/aromatic N) is 3. The number of carbonyl (C=O) groups excluding carboxylic acids is 1. The van der Waals surface area contributed by atoms with E-state index in [1.54, 1.807) is 6.20 Å². The third kappa shape index (κ3) is 2.64. The van der Waals surface area contributed by atoms with Gasteiger partial charge in [0.2, 0.25) is 0 Å². The number of aromatic nitrogens is 2. The van der Waals surface area contributed by atoms with Crippen LogP contribution < -0.4 is 4.90 Å². The Morgan fingerprint density at radius 3 is 3.09 bits per heavy atom. The Hall–Kier alpha value is -1.85. The number of anilines is 1. The van der Waals surface area contributed by atoms with Gasteiger partial charge in [0.1, 0.15) is 18.1 Å². The van der Waals surface area contributed by atoms with Crippen molar-refractivity contribution in [2.24, 2.45) is 0 Å². The number of hydrogen-bond donors (Lipinski definition) is 0. The molecule has 0 aliphatic carbocycles. The number of amides is 1. The van der Waals surface area contributed by atoms with E-state index in [1.165, 1.54) is 0 Å². The highest BCUT2D eigenvalue weighted by Gasteiger charge is 2.27. The number of aryl methyl sites for hydroxylation is 1. The number of halogens is 1. The normalized spacial score (nSPS) is 17.3. The van der Waals surface area contributed by atoms with Crippen molar-refractivity contribution in [2.45, 2.75) is 32.4 Å². The van der Waals surface area contributed by atoms with Crippen LogP contribution in [-0.4, -0.2) is 28.6 Å². The minimum Gasteiger partial charge on any atom is -0.372 e. The summed E-state index contributed by atoms with van der Waals surface area (Å²) >= 11 is 6.12. The van der Waals surface area contributed by atoms with Crippen LogP contribution >= 0.6 is 11.6 Å². The Balaban J connectivity index is 1.73. The summed E-state index contributed by atoms with van der Waals surface area (Å²) in [4.78, 5) is 19.3. The molecule has 0 radical (unpaired) electrons. The smallest absolute Gasteiger partial charge is 0.276 e. The molecule has 0 N–H and O–H groups in total. The Bertz CT molecular complexity index is 756. The molecule has 0 bridgehead atoms. The van der Waals surface area contributed by atoms with Crippen molar-refractivity contribution in [3.63, 3.8) is 0 Å². The van der Waals surface area contributed by atoms with Crippen LogP contribution in [0.5, 0.6) is 0 Å². The Morgan fingerprint density at radius 2 is 2.17 bits per heavy atom. The first-order valence-electron chi connectivity index (χ1n) is 7.96. The topological polar surface area (TPSA) is 47.4 Å². The first-order valence-corrected chi connectivity index (χ1v) is 8.34. The number of imidazole rings is 1. The van der Waals surface area contributed by atoms with Gasteiger partial charge >= 0.3 is 0 Å². The molecule has 4 rings (SSSR count). The summed E-state index contributed by atoms with van der Waals surface area (Å²) in [5.41, 5.74) is 2.76. The largest absolute Gasteiger partial charge is 0.372 e. The summed E-state index contributed by atoms with van der Waals surface area (Å²) in [6.45, 7) is 2.50. The minimum atomic E-state index is 0.0103. The van der Waals surface area contributed by atoms with Crippen molar-refractivity contribution in [3.8, 4) is 0 Å². The molecule has 1 aromatic carbocycles. The maximum Gasteiger partial charge on any atom is 0.276 e.